The number of sulfonamides is 1. The monoisotopic (exact) mass is 500 g/mol. The lowest BCUT2D eigenvalue weighted by Gasteiger charge is -2.29. The summed E-state index contributed by atoms with van der Waals surface area (Å²) in [6.07, 6.45) is -4.92. The fourth-order valence-electron chi connectivity index (χ4n) is 3.23. The van der Waals surface area contributed by atoms with Crippen LogP contribution in [-0.2, 0) is 27.5 Å². The lowest BCUT2D eigenvalue weighted by Crippen LogP contribution is -2.41. The van der Waals surface area contributed by atoms with E-state index >= 15 is 0 Å². The summed E-state index contributed by atoms with van der Waals surface area (Å²) in [5.41, 5.74) is 4.17. The third-order valence-electron chi connectivity index (χ3n) is 4.77. The van der Waals surface area contributed by atoms with Crippen molar-refractivity contribution >= 4 is 27.5 Å². The Kier molecular flexibility index (Phi) is 7.11. The summed E-state index contributed by atoms with van der Waals surface area (Å²) in [4.78, 5) is 12.2. The van der Waals surface area contributed by atoms with E-state index < -0.39 is 46.1 Å². The van der Waals surface area contributed by atoms with Crippen LogP contribution in [0.4, 0.5) is 17.6 Å². The third kappa shape index (κ3) is 5.52. The van der Waals surface area contributed by atoms with Gasteiger partial charge in [-0.15, -0.1) is 0 Å². The van der Waals surface area contributed by atoms with Crippen LogP contribution < -0.4 is 5.73 Å². The first-order valence-electron chi connectivity index (χ1n) is 9.38. The second-order valence-electron chi connectivity index (χ2n) is 7.03. The van der Waals surface area contributed by atoms with E-state index in [9.17, 15) is 30.8 Å². The van der Waals surface area contributed by atoms with Crippen molar-refractivity contribution in [3.8, 4) is 0 Å². The molecule has 11 heteroatoms. The molecule has 0 aromatic heterocycles. The van der Waals surface area contributed by atoms with Gasteiger partial charge in [-0.05, 0) is 47.5 Å². The van der Waals surface area contributed by atoms with Gasteiger partial charge in [-0.25, -0.2) is 12.8 Å². The van der Waals surface area contributed by atoms with Gasteiger partial charge in [0.1, 0.15) is 11.9 Å². The Morgan fingerprint density at radius 1 is 1.00 bits per heavy atom. The zero-order valence-corrected chi connectivity index (χ0v) is 18.3. The number of carbonyl (C=O) groups is 1. The molecule has 33 heavy (non-hydrogen) atoms. The minimum Gasteiger partial charge on any atom is -0.368 e. The second-order valence-corrected chi connectivity index (χ2v) is 9.36. The lowest BCUT2D eigenvalue weighted by atomic mass is 10.1. The molecule has 0 fully saturated rings. The predicted molar refractivity (Wildman–Crippen MR) is 114 cm³/mol. The summed E-state index contributed by atoms with van der Waals surface area (Å²) in [5.74, 6) is -2.59. The number of halogens is 5. The Balaban J connectivity index is 2.14. The molecule has 0 bridgehead atoms. The minimum absolute atomic E-state index is 0.111. The Bertz CT molecular complexity index is 1250. The summed E-state index contributed by atoms with van der Waals surface area (Å²) in [6, 6.07) is 13.3. The van der Waals surface area contributed by atoms with Gasteiger partial charge < -0.3 is 5.73 Å². The Hall–Kier alpha value is -2.95. The largest absolute Gasteiger partial charge is 0.419 e. The average molecular weight is 501 g/mol. The van der Waals surface area contributed by atoms with Crippen LogP contribution in [0.5, 0.6) is 0 Å². The number of benzene rings is 3. The number of hydrogen-bond acceptors (Lipinski definition) is 3. The van der Waals surface area contributed by atoms with Gasteiger partial charge in [0, 0.05) is 11.6 Å². The standard InChI is InChI=1S/C22H17ClF4N2O3S/c23-16-7-9-17(10-8-16)33(31,32)29(20(21(28)30)15-4-2-1-3-5-15)13-14-6-11-18(19(24)12-14)22(25,26)27/h1-12,20H,13H2,(H2,28,30). The van der Waals surface area contributed by atoms with Gasteiger partial charge >= 0.3 is 6.18 Å². The molecule has 1 atom stereocenters. The number of nitrogens with zero attached hydrogens (tertiary/aromatic N) is 1. The van der Waals surface area contributed by atoms with Gasteiger partial charge in [0.25, 0.3) is 0 Å². The molecule has 3 aromatic carbocycles. The maximum absolute atomic E-state index is 14.1. The topological polar surface area (TPSA) is 80.5 Å². The molecule has 0 aliphatic rings. The van der Waals surface area contributed by atoms with E-state index in [0.29, 0.717) is 12.1 Å². The van der Waals surface area contributed by atoms with Crippen LogP contribution >= 0.6 is 11.6 Å². The number of nitrogens with two attached hydrogens (primary N) is 1. The Labute approximate surface area is 192 Å². The molecule has 0 aliphatic carbocycles. The maximum Gasteiger partial charge on any atom is 0.419 e. The normalized spacial score (nSPS) is 13.2. The number of primary amides is 1. The van der Waals surface area contributed by atoms with E-state index in [4.69, 9.17) is 17.3 Å². The van der Waals surface area contributed by atoms with Gasteiger partial charge in [0.2, 0.25) is 15.9 Å². The van der Waals surface area contributed by atoms with E-state index in [2.05, 4.69) is 0 Å². The van der Waals surface area contributed by atoms with Crippen LogP contribution in [-0.4, -0.2) is 18.6 Å². The Morgan fingerprint density at radius 2 is 1.61 bits per heavy atom. The van der Waals surface area contributed by atoms with Gasteiger partial charge in [-0.1, -0.05) is 48.0 Å². The highest BCUT2D eigenvalue weighted by Gasteiger charge is 2.37. The van der Waals surface area contributed by atoms with Crippen LogP contribution in [0.1, 0.15) is 22.7 Å². The summed E-state index contributed by atoms with van der Waals surface area (Å²) in [5, 5.41) is 0.264. The van der Waals surface area contributed by atoms with Gasteiger partial charge in [0.05, 0.1) is 10.5 Å². The van der Waals surface area contributed by atoms with E-state index in [0.717, 1.165) is 10.4 Å². The van der Waals surface area contributed by atoms with Crippen LogP contribution in [0.25, 0.3) is 0 Å². The first-order chi connectivity index (χ1) is 15.4. The molecule has 5 nitrogen and oxygen atoms in total. The number of hydrogen-bond donors (Lipinski definition) is 1. The summed E-state index contributed by atoms with van der Waals surface area (Å²) in [7, 11) is -4.43. The van der Waals surface area contributed by atoms with Crippen molar-refractivity contribution in [2.75, 3.05) is 0 Å². The molecular weight excluding hydrogens is 484 g/mol. The molecule has 0 radical (unpaired) electrons. The molecule has 0 spiro atoms. The predicted octanol–water partition coefficient (Wildman–Crippen LogP) is 4.92. The fraction of sp³-hybridized carbons (Fsp3) is 0.136. The minimum atomic E-state index is -4.92. The van der Waals surface area contributed by atoms with E-state index in [-0.39, 0.29) is 21.0 Å². The van der Waals surface area contributed by atoms with E-state index in [1.54, 1.807) is 18.2 Å². The fourth-order valence-corrected chi connectivity index (χ4v) is 4.93. The summed E-state index contributed by atoms with van der Waals surface area (Å²) < 4.78 is 80.6. The maximum atomic E-state index is 14.1. The number of amides is 1. The van der Waals surface area contributed by atoms with Crippen LogP contribution in [0.2, 0.25) is 5.02 Å². The molecule has 0 aliphatic heterocycles. The number of carbonyl (C=O) groups excluding carboxylic acids is 1. The van der Waals surface area contributed by atoms with Gasteiger partial charge in [0.15, 0.2) is 0 Å². The van der Waals surface area contributed by atoms with Crippen molar-refractivity contribution in [2.45, 2.75) is 23.7 Å². The average Bonchev–Trinajstić information content (AvgIpc) is 2.73. The first kappa shape index (κ1) is 24.7. The number of alkyl halides is 3. The van der Waals surface area contributed by atoms with Gasteiger partial charge in [-0.3, -0.25) is 4.79 Å². The van der Waals surface area contributed by atoms with Crippen LogP contribution in [0, 0.1) is 5.82 Å². The molecule has 0 saturated carbocycles. The molecule has 174 valence electrons. The SMILES string of the molecule is NC(=O)C(c1ccccc1)N(Cc1ccc(C(F)(F)F)c(F)c1)S(=O)(=O)c1ccc(Cl)cc1. The molecule has 3 aromatic rings. The third-order valence-corrected chi connectivity index (χ3v) is 6.85. The van der Waals surface area contributed by atoms with Crippen molar-refractivity contribution in [1.29, 1.82) is 0 Å². The van der Waals surface area contributed by atoms with Crippen molar-refractivity contribution in [2.24, 2.45) is 5.73 Å². The van der Waals surface area contributed by atoms with Crippen molar-refractivity contribution in [3.63, 3.8) is 0 Å². The molecule has 1 unspecified atom stereocenters. The zero-order chi connectivity index (χ0) is 24.4. The quantitative estimate of drug-likeness (QED) is 0.468. The summed E-state index contributed by atoms with van der Waals surface area (Å²) >= 11 is 5.83. The van der Waals surface area contributed by atoms with Crippen LogP contribution in [0.15, 0.2) is 77.7 Å². The van der Waals surface area contributed by atoms with Crippen molar-refractivity contribution in [3.05, 3.63) is 100 Å². The molecule has 2 N–H and O–H groups in total. The molecular formula is C22H17ClF4N2O3S. The zero-order valence-electron chi connectivity index (χ0n) is 16.8. The summed E-state index contributed by atoms with van der Waals surface area (Å²) in [6.45, 7) is -0.623. The molecule has 0 heterocycles. The van der Waals surface area contributed by atoms with E-state index in [1.165, 1.54) is 36.4 Å². The highest BCUT2D eigenvalue weighted by Crippen LogP contribution is 2.34. The molecule has 1 amide bonds. The van der Waals surface area contributed by atoms with Crippen molar-refractivity contribution in [1.82, 2.24) is 4.31 Å². The molecule has 0 saturated heterocycles. The smallest absolute Gasteiger partial charge is 0.368 e. The first-order valence-corrected chi connectivity index (χ1v) is 11.2. The number of rotatable bonds is 7. The highest BCUT2D eigenvalue weighted by molar-refractivity contribution is 7.89. The lowest BCUT2D eigenvalue weighted by molar-refractivity contribution is -0.140. The van der Waals surface area contributed by atoms with Crippen molar-refractivity contribution < 1.29 is 30.8 Å². The van der Waals surface area contributed by atoms with E-state index in [1.807, 2.05) is 0 Å². The molecule has 3 rings (SSSR count). The van der Waals surface area contributed by atoms with Gasteiger partial charge in [-0.2, -0.15) is 17.5 Å². The second kappa shape index (κ2) is 9.50. The van der Waals surface area contributed by atoms with Crippen LogP contribution in [0.3, 0.4) is 0 Å². The Morgan fingerprint density at radius 3 is 2.12 bits per heavy atom. The highest BCUT2D eigenvalue weighted by atomic mass is 35.5.